The summed E-state index contributed by atoms with van der Waals surface area (Å²) in [6.45, 7) is 0. The highest BCUT2D eigenvalue weighted by Crippen LogP contribution is 2.56. The molecule has 4 bridgehead atoms. The Bertz CT molecular complexity index is 1040. The van der Waals surface area contributed by atoms with E-state index in [2.05, 4.69) is 33.5 Å². The van der Waals surface area contributed by atoms with Crippen molar-refractivity contribution in [2.24, 2.45) is 17.8 Å². The molecule has 29 heavy (non-hydrogen) atoms. The van der Waals surface area contributed by atoms with E-state index in [1.165, 1.54) is 43.9 Å². The number of anilines is 2. The molecule has 2 aromatic carbocycles. The van der Waals surface area contributed by atoms with Gasteiger partial charge in [-0.05, 0) is 79.2 Å². The molecule has 1 heterocycles. The van der Waals surface area contributed by atoms with Gasteiger partial charge < -0.3 is 15.8 Å². The molecule has 4 aliphatic rings. The van der Waals surface area contributed by atoms with Gasteiger partial charge in [0.15, 0.2) is 5.82 Å². The number of ether oxygens (including phenoxy) is 1. The number of nitrogens with one attached hydrogen (secondary N) is 1. The quantitative estimate of drug-likeness (QED) is 0.629. The zero-order chi connectivity index (χ0) is 19.4. The minimum absolute atomic E-state index is 0.150. The summed E-state index contributed by atoms with van der Waals surface area (Å²) >= 11 is 0. The second-order valence-corrected chi connectivity index (χ2v) is 9.38. The second-order valence-electron chi connectivity index (χ2n) is 9.38. The first-order chi connectivity index (χ1) is 14.2. The van der Waals surface area contributed by atoms with Crippen molar-refractivity contribution in [2.45, 2.75) is 44.1 Å². The van der Waals surface area contributed by atoms with E-state index in [-0.39, 0.29) is 5.54 Å². The molecule has 0 unspecified atom stereocenters. The van der Waals surface area contributed by atoms with Crippen LogP contribution in [0.1, 0.15) is 38.5 Å². The van der Waals surface area contributed by atoms with Crippen molar-refractivity contribution in [2.75, 3.05) is 11.1 Å². The minimum Gasteiger partial charge on any atom is -0.437 e. The third-order valence-electron chi connectivity index (χ3n) is 7.20. The average molecular weight is 386 g/mol. The summed E-state index contributed by atoms with van der Waals surface area (Å²) in [7, 11) is 0. The molecule has 5 nitrogen and oxygen atoms in total. The van der Waals surface area contributed by atoms with Crippen molar-refractivity contribution in [3.8, 4) is 11.6 Å². The van der Waals surface area contributed by atoms with E-state index in [9.17, 15) is 0 Å². The Kier molecular flexibility index (Phi) is 3.73. The van der Waals surface area contributed by atoms with Crippen LogP contribution in [0, 0.1) is 17.8 Å². The Labute approximate surface area is 170 Å². The maximum Gasteiger partial charge on any atom is 0.248 e. The Morgan fingerprint density at radius 2 is 1.59 bits per heavy atom. The summed E-state index contributed by atoms with van der Waals surface area (Å²) in [4.78, 5) is 8.79. The molecule has 0 spiro atoms. The van der Waals surface area contributed by atoms with Gasteiger partial charge in [0.1, 0.15) is 17.8 Å². The molecule has 0 radical (unpaired) electrons. The van der Waals surface area contributed by atoms with Crippen LogP contribution in [0.5, 0.6) is 11.6 Å². The maximum atomic E-state index is 6.46. The number of nitrogens with zero attached hydrogens (tertiary/aromatic N) is 2. The number of hydrogen-bond acceptors (Lipinski definition) is 5. The Morgan fingerprint density at radius 3 is 2.31 bits per heavy atom. The van der Waals surface area contributed by atoms with Gasteiger partial charge in [-0.1, -0.05) is 30.3 Å². The predicted octanol–water partition coefficient (Wildman–Crippen LogP) is 5.39. The van der Waals surface area contributed by atoms with Gasteiger partial charge in [0, 0.05) is 5.54 Å². The number of rotatable bonds is 4. The number of aromatic nitrogens is 2. The van der Waals surface area contributed by atoms with Crippen molar-refractivity contribution in [3.63, 3.8) is 0 Å². The van der Waals surface area contributed by atoms with Gasteiger partial charge in [0.25, 0.3) is 0 Å². The smallest absolute Gasteiger partial charge is 0.248 e. The zero-order valence-corrected chi connectivity index (χ0v) is 16.5. The number of nitrogens with two attached hydrogens (primary N) is 1. The van der Waals surface area contributed by atoms with Gasteiger partial charge in [-0.25, -0.2) is 4.98 Å². The molecular formula is C24H26N4O. The first kappa shape index (κ1) is 17.1. The Balaban J connectivity index is 1.27. The zero-order valence-electron chi connectivity index (χ0n) is 16.5. The summed E-state index contributed by atoms with van der Waals surface area (Å²) in [6.07, 6.45) is 9.51. The highest BCUT2D eigenvalue weighted by atomic mass is 16.5. The molecule has 0 saturated heterocycles. The van der Waals surface area contributed by atoms with E-state index in [4.69, 9.17) is 10.5 Å². The Hall–Kier alpha value is -2.82. The second kappa shape index (κ2) is 6.34. The van der Waals surface area contributed by atoms with E-state index >= 15 is 0 Å². The molecule has 3 N–H and O–H groups in total. The highest BCUT2D eigenvalue weighted by molar-refractivity contribution is 5.83. The third kappa shape index (κ3) is 3.00. The van der Waals surface area contributed by atoms with E-state index in [0.717, 1.165) is 34.7 Å². The van der Waals surface area contributed by atoms with Gasteiger partial charge in [0.05, 0.1) is 0 Å². The van der Waals surface area contributed by atoms with E-state index < -0.39 is 0 Å². The molecule has 148 valence electrons. The van der Waals surface area contributed by atoms with Crippen LogP contribution >= 0.6 is 0 Å². The normalized spacial score (nSPS) is 29.9. The Morgan fingerprint density at radius 1 is 0.897 bits per heavy atom. The molecule has 0 amide bonds. The largest absolute Gasteiger partial charge is 0.437 e. The van der Waals surface area contributed by atoms with Crippen LogP contribution in [-0.4, -0.2) is 15.5 Å². The fourth-order valence-corrected chi connectivity index (χ4v) is 6.42. The fraction of sp³-hybridized carbons (Fsp3) is 0.417. The van der Waals surface area contributed by atoms with E-state index in [1.54, 1.807) is 6.33 Å². The number of hydrogen-bond donors (Lipinski definition) is 2. The maximum absolute atomic E-state index is 6.46. The van der Waals surface area contributed by atoms with Crippen molar-refractivity contribution < 1.29 is 4.74 Å². The topological polar surface area (TPSA) is 73.1 Å². The molecule has 1 aromatic heterocycles. The minimum atomic E-state index is 0.150. The van der Waals surface area contributed by atoms with Crippen molar-refractivity contribution >= 4 is 22.3 Å². The highest BCUT2D eigenvalue weighted by Gasteiger charge is 2.51. The molecular weight excluding hydrogens is 360 g/mol. The third-order valence-corrected chi connectivity index (χ3v) is 7.20. The number of nitrogen functional groups attached to an aromatic ring is 1. The van der Waals surface area contributed by atoms with Crippen LogP contribution in [0.3, 0.4) is 0 Å². The summed E-state index contributed by atoms with van der Waals surface area (Å²) in [5, 5.41) is 6.06. The summed E-state index contributed by atoms with van der Waals surface area (Å²) in [5.74, 6) is 4.47. The van der Waals surface area contributed by atoms with Gasteiger partial charge in [-0.3, -0.25) is 0 Å². The molecule has 4 fully saturated rings. The molecule has 4 aliphatic carbocycles. The van der Waals surface area contributed by atoms with Crippen molar-refractivity contribution in [1.29, 1.82) is 0 Å². The fourth-order valence-electron chi connectivity index (χ4n) is 6.42. The molecule has 3 aromatic rings. The molecule has 0 atom stereocenters. The molecule has 4 saturated carbocycles. The molecule has 5 heteroatoms. The van der Waals surface area contributed by atoms with Gasteiger partial charge >= 0.3 is 0 Å². The SMILES string of the molecule is Nc1c(NC23CC4CC(CC(C4)C2)C3)ncnc1Oc1ccc2ccccc2c1. The molecule has 0 aliphatic heterocycles. The van der Waals surface area contributed by atoms with Gasteiger partial charge in [0.2, 0.25) is 5.88 Å². The van der Waals surface area contributed by atoms with Crippen molar-refractivity contribution in [1.82, 2.24) is 9.97 Å². The first-order valence-electron chi connectivity index (χ1n) is 10.7. The lowest BCUT2D eigenvalue weighted by atomic mass is 9.53. The van der Waals surface area contributed by atoms with Crippen LogP contribution in [0.4, 0.5) is 11.5 Å². The van der Waals surface area contributed by atoms with E-state index in [0.29, 0.717) is 11.6 Å². The summed E-state index contributed by atoms with van der Waals surface area (Å²) < 4.78 is 6.06. The van der Waals surface area contributed by atoms with Crippen LogP contribution in [0.15, 0.2) is 48.8 Å². The lowest BCUT2D eigenvalue weighted by molar-refractivity contribution is 0.0106. The van der Waals surface area contributed by atoms with Gasteiger partial charge in [-0.15, -0.1) is 0 Å². The van der Waals surface area contributed by atoms with Crippen LogP contribution in [0.2, 0.25) is 0 Å². The van der Waals surface area contributed by atoms with E-state index in [1.807, 2.05) is 24.3 Å². The van der Waals surface area contributed by atoms with Crippen LogP contribution < -0.4 is 15.8 Å². The average Bonchev–Trinajstić information content (AvgIpc) is 2.70. The number of benzene rings is 2. The van der Waals surface area contributed by atoms with Crippen LogP contribution in [-0.2, 0) is 0 Å². The van der Waals surface area contributed by atoms with Crippen molar-refractivity contribution in [3.05, 3.63) is 48.8 Å². The predicted molar refractivity (Wildman–Crippen MR) is 115 cm³/mol. The summed E-state index contributed by atoms with van der Waals surface area (Å²) in [5.41, 5.74) is 7.11. The lowest BCUT2D eigenvalue weighted by Crippen LogP contribution is -2.55. The first-order valence-corrected chi connectivity index (χ1v) is 10.7. The standard InChI is InChI=1S/C24H26N4O/c25-21-22(28-24-11-15-7-16(12-24)9-17(8-15)13-24)26-14-27-23(21)29-20-6-5-18-3-1-2-4-19(18)10-20/h1-6,10,14-17H,7-9,11-13,25H2,(H,26,27,28). The monoisotopic (exact) mass is 386 g/mol. The van der Waals surface area contributed by atoms with Gasteiger partial charge in [-0.2, -0.15) is 4.98 Å². The lowest BCUT2D eigenvalue weighted by Gasteiger charge is -2.57. The summed E-state index contributed by atoms with van der Waals surface area (Å²) in [6, 6.07) is 14.2. The molecule has 7 rings (SSSR count). The van der Waals surface area contributed by atoms with Crippen LogP contribution in [0.25, 0.3) is 10.8 Å². The number of fused-ring (bicyclic) bond motifs is 1.